The van der Waals surface area contributed by atoms with Crippen LogP contribution in [0.15, 0.2) is 22.8 Å². The molecule has 4 aliphatic carbocycles. The number of carbonyl (C=O) groups excluding carboxylic acids is 2. The summed E-state index contributed by atoms with van der Waals surface area (Å²) in [6.07, 6.45) is 10.2. The normalized spacial score (nSPS) is 41.3. The highest BCUT2D eigenvalue weighted by Crippen LogP contribution is 2.62. The Morgan fingerprint density at radius 2 is 1.92 bits per heavy atom. The van der Waals surface area contributed by atoms with Crippen LogP contribution in [-0.2, 0) is 14.3 Å². The standard InChI is InChI=1S/C21H28O3/c1-13(22)24-19-7-6-17-16-5-4-14-12-15(23)8-10-20(14,2)18(16)9-11-21(17,19)3/h12,17,19H,4-11H2,1-3H3/t17-,19-,20-,21-/m0/s1. The van der Waals surface area contributed by atoms with Crippen LogP contribution in [-0.4, -0.2) is 17.9 Å². The van der Waals surface area contributed by atoms with Crippen LogP contribution in [0.3, 0.4) is 0 Å². The minimum atomic E-state index is -0.145. The highest BCUT2D eigenvalue weighted by molar-refractivity contribution is 5.92. The zero-order chi connectivity index (χ0) is 17.1. The Morgan fingerprint density at radius 3 is 2.67 bits per heavy atom. The predicted molar refractivity (Wildman–Crippen MR) is 92.3 cm³/mol. The number of carbonyl (C=O) groups is 2. The number of allylic oxidation sites excluding steroid dienone is 4. The minimum Gasteiger partial charge on any atom is -0.462 e. The molecule has 0 N–H and O–H groups in total. The molecule has 0 bridgehead atoms. The van der Waals surface area contributed by atoms with Gasteiger partial charge in [0.1, 0.15) is 6.10 Å². The first-order valence-electron chi connectivity index (χ1n) is 9.48. The van der Waals surface area contributed by atoms with Crippen LogP contribution in [0.1, 0.15) is 72.1 Å². The van der Waals surface area contributed by atoms with Gasteiger partial charge in [0.15, 0.2) is 5.78 Å². The Bertz CT molecular complexity index is 671. The van der Waals surface area contributed by atoms with Gasteiger partial charge in [0.25, 0.3) is 0 Å². The molecule has 1 fully saturated rings. The molecule has 3 nitrogen and oxygen atoms in total. The van der Waals surface area contributed by atoms with Gasteiger partial charge in [-0.3, -0.25) is 9.59 Å². The number of hydrogen-bond acceptors (Lipinski definition) is 3. The molecule has 0 aromatic heterocycles. The van der Waals surface area contributed by atoms with E-state index in [0.717, 1.165) is 44.9 Å². The Balaban J connectivity index is 1.71. The highest BCUT2D eigenvalue weighted by Gasteiger charge is 2.55. The van der Waals surface area contributed by atoms with Crippen molar-refractivity contribution in [2.24, 2.45) is 16.7 Å². The van der Waals surface area contributed by atoms with Gasteiger partial charge in [0, 0.05) is 24.2 Å². The summed E-state index contributed by atoms with van der Waals surface area (Å²) < 4.78 is 5.69. The molecule has 0 radical (unpaired) electrons. The van der Waals surface area contributed by atoms with Crippen molar-refractivity contribution in [1.29, 1.82) is 0 Å². The van der Waals surface area contributed by atoms with Crippen LogP contribution >= 0.6 is 0 Å². The third-order valence-electron chi connectivity index (χ3n) is 7.52. The lowest BCUT2D eigenvalue weighted by molar-refractivity contribution is -0.152. The van der Waals surface area contributed by atoms with Crippen molar-refractivity contribution in [3.8, 4) is 0 Å². The summed E-state index contributed by atoms with van der Waals surface area (Å²) in [6.45, 7) is 6.23. The van der Waals surface area contributed by atoms with Crippen LogP contribution < -0.4 is 0 Å². The number of ether oxygens (including phenoxy) is 1. The molecular weight excluding hydrogens is 300 g/mol. The van der Waals surface area contributed by atoms with Gasteiger partial charge < -0.3 is 4.74 Å². The van der Waals surface area contributed by atoms with Gasteiger partial charge in [0.2, 0.25) is 0 Å². The van der Waals surface area contributed by atoms with Gasteiger partial charge >= 0.3 is 5.97 Å². The second-order valence-electron chi connectivity index (χ2n) is 8.71. The van der Waals surface area contributed by atoms with Gasteiger partial charge in [-0.15, -0.1) is 0 Å². The van der Waals surface area contributed by atoms with Crippen molar-refractivity contribution < 1.29 is 14.3 Å². The number of esters is 1. The Kier molecular flexibility index (Phi) is 3.56. The van der Waals surface area contributed by atoms with Crippen LogP contribution in [0.25, 0.3) is 0 Å². The molecule has 0 heterocycles. The zero-order valence-electron chi connectivity index (χ0n) is 15.1. The molecule has 0 saturated heterocycles. The summed E-state index contributed by atoms with van der Waals surface area (Å²) >= 11 is 0. The monoisotopic (exact) mass is 328 g/mol. The van der Waals surface area contributed by atoms with E-state index in [0.29, 0.717) is 18.1 Å². The minimum absolute atomic E-state index is 0.0757. The van der Waals surface area contributed by atoms with Gasteiger partial charge in [-0.05, 0) is 56.9 Å². The maximum Gasteiger partial charge on any atom is 0.302 e. The molecule has 24 heavy (non-hydrogen) atoms. The third-order valence-corrected chi connectivity index (χ3v) is 7.52. The van der Waals surface area contributed by atoms with E-state index in [4.69, 9.17) is 4.74 Å². The van der Waals surface area contributed by atoms with Crippen molar-refractivity contribution in [2.45, 2.75) is 78.2 Å². The Labute approximate surface area is 144 Å². The highest BCUT2D eigenvalue weighted by atomic mass is 16.5. The van der Waals surface area contributed by atoms with E-state index in [1.54, 1.807) is 11.1 Å². The molecule has 1 saturated carbocycles. The smallest absolute Gasteiger partial charge is 0.302 e. The Hall–Kier alpha value is -1.38. The fourth-order valence-electron chi connectivity index (χ4n) is 6.15. The van der Waals surface area contributed by atoms with Crippen molar-refractivity contribution in [3.63, 3.8) is 0 Å². The molecule has 0 aliphatic heterocycles. The van der Waals surface area contributed by atoms with E-state index in [2.05, 4.69) is 13.8 Å². The van der Waals surface area contributed by atoms with E-state index in [1.165, 1.54) is 12.5 Å². The first-order valence-corrected chi connectivity index (χ1v) is 9.48. The lowest BCUT2D eigenvalue weighted by Gasteiger charge is -2.50. The quantitative estimate of drug-likeness (QED) is 0.525. The van der Waals surface area contributed by atoms with Gasteiger partial charge in [-0.2, -0.15) is 0 Å². The molecule has 3 heteroatoms. The SMILES string of the molecule is CC(=O)O[C@H]1CC[C@H]2C3=C(CC[C@]12C)[C@@]1(C)CCC(=O)C=C1CC3. The fourth-order valence-corrected chi connectivity index (χ4v) is 6.15. The predicted octanol–water partition coefficient (Wildman–Crippen LogP) is 4.51. The molecule has 0 aromatic rings. The molecule has 0 amide bonds. The van der Waals surface area contributed by atoms with Crippen molar-refractivity contribution in [3.05, 3.63) is 22.8 Å². The summed E-state index contributed by atoms with van der Waals surface area (Å²) in [5.41, 5.74) is 4.86. The Morgan fingerprint density at radius 1 is 1.12 bits per heavy atom. The molecule has 0 spiro atoms. The number of hydrogen-bond donors (Lipinski definition) is 0. The second kappa shape index (κ2) is 5.31. The summed E-state index contributed by atoms with van der Waals surface area (Å²) in [5.74, 6) is 0.720. The maximum atomic E-state index is 11.9. The van der Waals surface area contributed by atoms with Crippen LogP contribution in [0, 0.1) is 16.7 Å². The molecule has 0 aromatic carbocycles. The van der Waals surface area contributed by atoms with Crippen molar-refractivity contribution >= 4 is 11.8 Å². The summed E-state index contributed by atoms with van der Waals surface area (Å²) in [7, 11) is 0. The van der Waals surface area contributed by atoms with E-state index in [1.807, 2.05) is 6.08 Å². The lowest BCUT2D eigenvalue weighted by atomic mass is 9.54. The van der Waals surface area contributed by atoms with E-state index >= 15 is 0 Å². The summed E-state index contributed by atoms with van der Waals surface area (Å²) in [4.78, 5) is 23.4. The van der Waals surface area contributed by atoms with Crippen LogP contribution in [0.2, 0.25) is 0 Å². The zero-order valence-corrected chi connectivity index (χ0v) is 15.1. The molecule has 0 unspecified atom stereocenters. The first kappa shape index (κ1) is 16.1. The van der Waals surface area contributed by atoms with Crippen LogP contribution in [0.5, 0.6) is 0 Å². The van der Waals surface area contributed by atoms with Crippen molar-refractivity contribution in [2.75, 3.05) is 0 Å². The topological polar surface area (TPSA) is 43.4 Å². The van der Waals surface area contributed by atoms with Gasteiger partial charge in [-0.1, -0.05) is 30.6 Å². The molecule has 130 valence electrons. The average Bonchev–Trinajstić information content (AvgIpc) is 2.84. The maximum absolute atomic E-state index is 11.9. The molecular formula is C21H28O3. The number of fused-ring (bicyclic) bond motifs is 4. The third kappa shape index (κ3) is 2.16. The van der Waals surface area contributed by atoms with Crippen molar-refractivity contribution in [1.82, 2.24) is 0 Å². The molecule has 4 atom stereocenters. The van der Waals surface area contributed by atoms with E-state index in [-0.39, 0.29) is 22.9 Å². The van der Waals surface area contributed by atoms with Crippen LogP contribution in [0.4, 0.5) is 0 Å². The summed E-state index contributed by atoms with van der Waals surface area (Å²) in [5, 5.41) is 0. The van der Waals surface area contributed by atoms with E-state index in [9.17, 15) is 9.59 Å². The average molecular weight is 328 g/mol. The first-order chi connectivity index (χ1) is 11.3. The largest absolute Gasteiger partial charge is 0.462 e. The summed E-state index contributed by atoms with van der Waals surface area (Å²) in [6, 6.07) is 0. The molecule has 4 aliphatic rings. The second-order valence-corrected chi connectivity index (χ2v) is 8.71. The number of rotatable bonds is 1. The number of ketones is 1. The van der Waals surface area contributed by atoms with Gasteiger partial charge in [-0.25, -0.2) is 0 Å². The lowest BCUT2D eigenvalue weighted by Crippen LogP contribution is -2.43. The van der Waals surface area contributed by atoms with E-state index < -0.39 is 0 Å². The fraction of sp³-hybridized carbons (Fsp3) is 0.714. The molecule has 4 rings (SSSR count). The van der Waals surface area contributed by atoms with Gasteiger partial charge in [0.05, 0.1) is 0 Å².